The molecule has 1 aromatic rings. The molecule has 1 aromatic carbocycles. The Morgan fingerprint density at radius 1 is 1.08 bits per heavy atom. The Morgan fingerprint density at radius 2 is 1.81 bits per heavy atom. The molecule has 26 heavy (non-hydrogen) atoms. The molecule has 8 heteroatoms. The molecule has 0 saturated carbocycles. The van der Waals surface area contributed by atoms with Gasteiger partial charge >= 0.3 is 6.03 Å². The van der Waals surface area contributed by atoms with Gasteiger partial charge in [-0.25, -0.2) is 9.18 Å². The van der Waals surface area contributed by atoms with Crippen molar-refractivity contribution < 1.29 is 23.5 Å². The summed E-state index contributed by atoms with van der Waals surface area (Å²) in [6.07, 6.45) is 0.243. The summed E-state index contributed by atoms with van der Waals surface area (Å²) in [6, 6.07) is 5.39. The van der Waals surface area contributed by atoms with E-state index in [0.717, 1.165) is 0 Å². The van der Waals surface area contributed by atoms with E-state index >= 15 is 0 Å². The Balaban J connectivity index is 1.37. The van der Waals surface area contributed by atoms with Crippen molar-refractivity contribution in [3.8, 4) is 0 Å². The lowest BCUT2D eigenvalue weighted by molar-refractivity contribution is -0.142. The number of nitrogens with zero attached hydrogens (tertiary/aromatic N) is 2. The molecule has 140 valence electrons. The molecule has 3 aliphatic heterocycles. The van der Waals surface area contributed by atoms with Crippen LogP contribution in [0.15, 0.2) is 24.3 Å². The van der Waals surface area contributed by atoms with Crippen molar-refractivity contribution in [3.05, 3.63) is 30.1 Å². The molecule has 0 radical (unpaired) electrons. The second-order valence-electron chi connectivity index (χ2n) is 6.92. The van der Waals surface area contributed by atoms with Crippen molar-refractivity contribution in [3.63, 3.8) is 0 Å². The van der Waals surface area contributed by atoms with E-state index in [1.807, 2.05) is 4.90 Å². The van der Waals surface area contributed by atoms with Crippen molar-refractivity contribution >= 4 is 17.6 Å². The number of hydrogen-bond donors (Lipinski definition) is 1. The smallest absolute Gasteiger partial charge is 0.322 e. The van der Waals surface area contributed by atoms with Crippen LogP contribution in [0, 0.1) is 11.7 Å². The summed E-state index contributed by atoms with van der Waals surface area (Å²) in [5.41, 5.74) is 0.538. The van der Waals surface area contributed by atoms with E-state index in [2.05, 4.69) is 5.32 Å². The fourth-order valence-corrected chi connectivity index (χ4v) is 3.84. The zero-order chi connectivity index (χ0) is 18.1. The zero-order valence-corrected chi connectivity index (χ0v) is 14.4. The number of carbonyl (C=O) groups excluding carboxylic acids is 2. The van der Waals surface area contributed by atoms with Gasteiger partial charge in [0.1, 0.15) is 5.82 Å². The van der Waals surface area contributed by atoms with Gasteiger partial charge in [0.05, 0.1) is 31.3 Å². The van der Waals surface area contributed by atoms with Crippen LogP contribution in [-0.4, -0.2) is 73.3 Å². The summed E-state index contributed by atoms with van der Waals surface area (Å²) in [5.74, 6) is -0.458. The maximum Gasteiger partial charge on any atom is 0.322 e. The highest BCUT2D eigenvalue weighted by Gasteiger charge is 2.47. The number of nitrogens with one attached hydrogen (secondary N) is 1. The van der Waals surface area contributed by atoms with Crippen molar-refractivity contribution in [1.29, 1.82) is 0 Å². The fourth-order valence-electron chi connectivity index (χ4n) is 3.84. The first-order chi connectivity index (χ1) is 12.6. The van der Waals surface area contributed by atoms with Gasteiger partial charge in [0.2, 0.25) is 5.91 Å². The molecule has 3 fully saturated rings. The number of urea groups is 1. The molecule has 3 amide bonds. The molecule has 2 bridgehead atoms. The minimum atomic E-state index is -0.350. The standard InChI is InChI=1S/C18H22FN3O4/c19-12-1-3-13(4-2-12)20-18(24)22-10-14-9-15(16(11-22)26-14)17(23)21-5-7-25-8-6-21/h1-4,14-16H,5-11H2,(H,20,24)/t14-,15-,16+/m0/s1. The topological polar surface area (TPSA) is 71.1 Å². The van der Waals surface area contributed by atoms with Crippen LogP contribution in [-0.2, 0) is 14.3 Å². The first-order valence-corrected chi connectivity index (χ1v) is 8.93. The van der Waals surface area contributed by atoms with Gasteiger partial charge in [-0.15, -0.1) is 0 Å². The molecule has 7 nitrogen and oxygen atoms in total. The van der Waals surface area contributed by atoms with Crippen LogP contribution in [0.1, 0.15) is 6.42 Å². The normalized spacial score (nSPS) is 28.1. The quantitative estimate of drug-likeness (QED) is 0.860. The van der Waals surface area contributed by atoms with Crippen molar-refractivity contribution in [2.45, 2.75) is 18.6 Å². The Hall–Kier alpha value is -2.19. The number of likely N-dealkylation sites (tertiary alicyclic amines) is 1. The van der Waals surface area contributed by atoms with Gasteiger partial charge in [0.25, 0.3) is 0 Å². The van der Waals surface area contributed by atoms with E-state index in [-0.39, 0.29) is 35.9 Å². The third-order valence-corrected chi connectivity index (χ3v) is 5.18. The van der Waals surface area contributed by atoms with E-state index in [1.54, 1.807) is 4.90 Å². The SMILES string of the molecule is O=C(Nc1ccc(F)cc1)N1C[C@@H]2C[C@H](C(=O)N3CCOCC3)[C@@H](C1)O2. The van der Waals surface area contributed by atoms with Crippen LogP contribution in [0.3, 0.4) is 0 Å². The summed E-state index contributed by atoms with van der Waals surface area (Å²) < 4.78 is 24.2. The summed E-state index contributed by atoms with van der Waals surface area (Å²) in [5, 5.41) is 2.77. The lowest BCUT2D eigenvalue weighted by Crippen LogP contribution is -2.50. The van der Waals surface area contributed by atoms with Gasteiger partial charge in [0, 0.05) is 31.9 Å². The van der Waals surface area contributed by atoms with Crippen molar-refractivity contribution in [2.75, 3.05) is 44.7 Å². The molecule has 0 aromatic heterocycles. The molecular formula is C18H22FN3O4. The minimum Gasteiger partial charge on any atom is -0.378 e. The predicted octanol–water partition coefficient (Wildman–Crippen LogP) is 1.31. The van der Waals surface area contributed by atoms with Crippen LogP contribution < -0.4 is 5.32 Å². The molecule has 3 heterocycles. The van der Waals surface area contributed by atoms with Crippen LogP contribution >= 0.6 is 0 Å². The Bertz CT molecular complexity index is 678. The number of amides is 3. The van der Waals surface area contributed by atoms with E-state index in [0.29, 0.717) is 51.5 Å². The van der Waals surface area contributed by atoms with Crippen LogP contribution in [0.4, 0.5) is 14.9 Å². The maximum atomic E-state index is 13.0. The molecule has 0 spiro atoms. The van der Waals surface area contributed by atoms with E-state index in [9.17, 15) is 14.0 Å². The second kappa shape index (κ2) is 7.20. The van der Waals surface area contributed by atoms with Gasteiger partial charge < -0.3 is 24.6 Å². The third kappa shape index (κ3) is 3.52. The first-order valence-electron chi connectivity index (χ1n) is 8.93. The van der Waals surface area contributed by atoms with Crippen LogP contribution in [0.25, 0.3) is 0 Å². The largest absolute Gasteiger partial charge is 0.378 e. The Labute approximate surface area is 151 Å². The third-order valence-electron chi connectivity index (χ3n) is 5.18. The molecular weight excluding hydrogens is 341 g/mol. The van der Waals surface area contributed by atoms with Gasteiger partial charge in [-0.2, -0.15) is 0 Å². The molecule has 0 unspecified atom stereocenters. The highest BCUT2D eigenvalue weighted by atomic mass is 19.1. The first kappa shape index (κ1) is 17.2. The molecule has 4 rings (SSSR count). The van der Waals surface area contributed by atoms with E-state index in [1.165, 1.54) is 24.3 Å². The average Bonchev–Trinajstić information content (AvgIpc) is 2.97. The number of halogens is 1. The second-order valence-corrected chi connectivity index (χ2v) is 6.92. The molecule has 1 N–H and O–H groups in total. The van der Waals surface area contributed by atoms with Crippen LogP contribution in [0.5, 0.6) is 0 Å². The van der Waals surface area contributed by atoms with Gasteiger partial charge in [-0.05, 0) is 30.7 Å². The predicted molar refractivity (Wildman–Crippen MR) is 91.2 cm³/mol. The van der Waals surface area contributed by atoms with E-state index in [4.69, 9.17) is 9.47 Å². The maximum absolute atomic E-state index is 13.0. The number of rotatable bonds is 2. The number of fused-ring (bicyclic) bond motifs is 2. The van der Waals surface area contributed by atoms with Crippen LogP contribution in [0.2, 0.25) is 0 Å². The average molecular weight is 363 g/mol. The summed E-state index contributed by atoms with van der Waals surface area (Å²) in [7, 11) is 0. The minimum absolute atomic E-state index is 0.0987. The monoisotopic (exact) mass is 363 g/mol. The van der Waals surface area contributed by atoms with E-state index < -0.39 is 0 Å². The molecule has 0 aliphatic carbocycles. The summed E-state index contributed by atoms with van der Waals surface area (Å²) in [4.78, 5) is 28.8. The number of benzene rings is 1. The zero-order valence-electron chi connectivity index (χ0n) is 14.4. The summed E-state index contributed by atoms with van der Waals surface area (Å²) in [6.45, 7) is 3.20. The summed E-state index contributed by atoms with van der Waals surface area (Å²) >= 11 is 0. The molecule has 3 aliphatic rings. The van der Waals surface area contributed by atoms with Gasteiger partial charge in [-0.1, -0.05) is 0 Å². The van der Waals surface area contributed by atoms with Crippen molar-refractivity contribution in [1.82, 2.24) is 9.80 Å². The Morgan fingerprint density at radius 3 is 2.54 bits per heavy atom. The highest BCUT2D eigenvalue weighted by molar-refractivity contribution is 5.89. The number of ether oxygens (including phenoxy) is 2. The molecule has 3 saturated heterocycles. The molecule has 3 atom stereocenters. The number of anilines is 1. The fraction of sp³-hybridized carbons (Fsp3) is 0.556. The van der Waals surface area contributed by atoms with Gasteiger partial charge in [0.15, 0.2) is 0 Å². The number of carbonyl (C=O) groups is 2. The lowest BCUT2D eigenvalue weighted by atomic mass is 9.98. The number of morpholine rings is 2. The van der Waals surface area contributed by atoms with Gasteiger partial charge in [-0.3, -0.25) is 4.79 Å². The van der Waals surface area contributed by atoms with Crippen molar-refractivity contribution in [2.24, 2.45) is 5.92 Å². The lowest BCUT2D eigenvalue weighted by Gasteiger charge is -2.34. The highest BCUT2D eigenvalue weighted by Crippen LogP contribution is 2.33. The number of hydrogen-bond acceptors (Lipinski definition) is 4. The Kier molecular flexibility index (Phi) is 4.78.